The van der Waals surface area contributed by atoms with Gasteiger partial charge >= 0.3 is 6.09 Å². The van der Waals surface area contributed by atoms with E-state index in [1.54, 1.807) is 0 Å². The Bertz CT molecular complexity index is 745. The molecule has 0 bridgehead atoms. The maximum absolute atomic E-state index is 11.9. The molecule has 3 nitrogen and oxygen atoms in total. The fourth-order valence-corrected chi connectivity index (χ4v) is 3.87. The van der Waals surface area contributed by atoms with Crippen molar-refractivity contribution < 1.29 is 9.53 Å². The number of ether oxygens (including phenoxy) is 1. The number of alkyl halides is 2. The highest BCUT2D eigenvalue weighted by Crippen LogP contribution is 2.52. The van der Waals surface area contributed by atoms with Gasteiger partial charge in [-0.3, -0.25) is 0 Å². The Morgan fingerprint density at radius 1 is 1.08 bits per heavy atom. The molecule has 0 aromatic heterocycles. The van der Waals surface area contributed by atoms with Crippen molar-refractivity contribution in [1.29, 1.82) is 0 Å². The predicted molar refractivity (Wildman–Crippen MR) is 95.6 cm³/mol. The molecule has 5 heteroatoms. The Balaban J connectivity index is 1.42. The van der Waals surface area contributed by atoms with E-state index in [9.17, 15) is 4.79 Å². The third kappa shape index (κ3) is 2.87. The second kappa shape index (κ2) is 5.98. The minimum Gasteiger partial charge on any atom is -0.449 e. The van der Waals surface area contributed by atoms with Crippen LogP contribution in [0.1, 0.15) is 23.5 Å². The van der Waals surface area contributed by atoms with E-state index in [-0.39, 0.29) is 11.8 Å². The van der Waals surface area contributed by atoms with Gasteiger partial charge in [0.2, 0.25) is 0 Å². The van der Waals surface area contributed by atoms with Crippen molar-refractivity contribution in [1.82, 2.24) is 5.32 Å². The zero-order chi connectivity index (χ0) is 16.7. The molecule has 2 aromatic carbocycles. The Labute approximate surface area is 150 Å². The van der Waals surface area contributed by atoms with Crippen molar-refractivity contribution in [3.05, 3.63) is 59.7 Å². The smallest absolute Gasteiger partial charge is 0.407 e. The van der Waals surface area contributed by atoms with E-state index < -0.39 is 10.4 Å². The lowest BCUT2D eigenvalue weighted by Crippen LogP contribution is -2.28. The summed E-state index contributed by atoms with van der Waals surface area (Å²) in [5.74, 6) is 0.186. The minimum atomic E-state index is -0.684. The summed E-state index contributed by atoms with van der Waals surface area (Å²) in [4.78, 5) is 11.9. The van der Waals surface area contributed by atoms with E-state index in [1.165, 1.54) is 22.3 Å². The molecule has 0 heterocycles. The molecule has 1 N–H and O–H groups in total. The molecule has 0 spiro atoms. The Morgan fingerprint density at radius 2 is 1.62 bits per heavy atom. The van der Waals surface area contributed by atoms with Crippen LogP contribution in [0.25, 0.3) is 11.1 Å². The third-order valence-electron chi connectivity index (χ3n) is 4.79. The van der Waals surface area contributed by atoms with Gasteiger partial charge in [-0.15, -0.1) is 23.2 Å². The molecule has 0 aliphatic heterocycles. The van der Waals surface area contributed by atoms with E-state index in [1.807, 2.05) is 24.3 Å². The van der Waals surface area contributed by atoms with Crippen LogP contribution >= 0.6 is 23.2 Å². The monoisotopic (exact) mass is 361 g/mol. The molecule has 1 fully saturated rings. The molecule has 0 unspecified atom stereocenters. The van der Waals surface area contributed by atoms with E-state index in [0.717, 1.165) is 0 Å². The minimum absolute atomic E-state index is 0.0734. The van der Waals surface area contributed by atoms with Gasteiger partial charge in [-0.2, -0.15) is 0 Å². The van der Waals surface area contributed by atoms with Crippen LogP contribution in [0.2, 0.25) is 0 Å². The lowest BCUT2D eigenvalue weighted by Gasteiger charge is -2.14. The van der Waals surface area contributed by atoms with Crippen molar-refractivity contribution in [2.45, 2.75) is 16.7 Å². The van der Waals surface area contributed by atoms with Gasteiger partial charge in [0.05, 0.1) is 0 Å². The van der Waals surface area contributed by atoms with Crippen molar-refractivity contribution in [3.63, 3.8) is 0 Å². The van der Waals surface area contributed by atoms with Crippen molar-refractivity contribution in [3.8, 4) is 11.1 Å². The van der Waals surface area contributed by atoms with Crippen LogP contribution in [0, 0.1) is 5.92 Å². The number of rotatable bonds is 4. The van der Waals surface area contributed by atoms with Crippen LogP contribution < -0.4 is 5.32 Å². The number of hydrogen-bond donors (Lipinski definition) is 1. The van der Waals surface area contributed by atoms with Gasteiger partial charge in [-0.25, -0.2) is 4.79 Å². The summed E-state index contributed by atoms with van der Waals surface area (Å²) in [7, 11) is 0. The van der Waals surface area contributed by atoms with Crippen LogP contribution in [-0.2, 0) is 4.74 Å². The molecule has 4 rings (SSSR count). The summed E-state index contributed by atoms with van der Waals surface area (Å²) < 4.78 is 4.77. The number of amides is 1. The summed E-state index contributed by atoms with van der Waals surface area (Å²) in [5.41, 5.74) is 4.84. The van der Waals surface area contributed by atoms with Gasteiger partial charge in [0.1, 0.15) is 10.9 Å². The van der Waals surface area contributed by atoms with Gasteiger partial charge in [-0.05, 0) is 28.7 Å². The van der Waals surface area contributed by atoms with Crippen LogP contribution in [-0.4, -0.2) is 23.6 Å². The first-order valence-electron chi connectivity index (χ1n) is 8.03. The van der Waals surface area contributed by atoms with Gasteiger partial charge in [0, 0.05) is 18.4 Å². The average Bonchev–Trinajstić information content (AvgIpc) is 3.08. The van der Waals surface area contributed by atoms with Crippen molar-refractivity contribution in [2.24, 2.45) is 5.92 Å². The van der Waals surface area contributed by atoms with Crippen molar-refractivity contribution in [2.75, 3.05) is 13.2 Å². The van der Waals surface area contributed by atoms with E-state index >= 15 is 0 Å². The molecular formula is C19H17Cl2NO2. The number of benzene rings is 2. The number of halogens is 2. The van der Waals surface area contributed by atoms with Crippen LogP contribution in [0.3, 0.4) is 0 Å². The first kappa shape index (κ1) is 15.8. The molecule has 1 saturated carbocycles. The van der Waals surface area contributed by atoms with E-state index in [4.69, 9.17) is 27.9 Å². The second-order valence-electron chi connectivity index (χ2n) is 6.37. The Hall–Kier alpha value is -1.71. The average molecular weight is 362 g/mol. The van der Waals surface area contributed by atoms with Gasteiger partial charge in [-0.1, -0.05) is 48.5 Å². The molecule has 0 saturated heterocycles. The summed E-state index contributed by atoms with van der Waals surface area (Å²) in [5, 5.41) is 2.74. The van der Waals surface area contributed by atoms with Crippen LogP contribution in [0.4, 0.5) is 4.79 Å². The zero-order valence-corrected chi connectivity index (χ0v) is 14.5. The largest absolute Gasteiger partial charge is 0.449 e. The van der Waals surface area contributed by atoms with Crippen LogP contribution in [0.15, 0.2) is 48.5 Å². The van der Waals surface area contributed by atoms with Gasteiger partial charge < -0.3 is 10.1 Å². The Kier molecular flexibility index (Phi) is 3.93. The summed E-state index contributed by atoms with van der Waals surface area (Å²) in [6.07, 6.45) is 0.285. The highest BCUT2D eigenvalue weighted by Gasteiger charge is 2.51. The normalized spacial score (nSPS) is 20.2. The number of hydrogen-bond acceptors (Lipinski definition) is 2. The van der Waals surface area contributed by atoms with Crippen molar-refractivity contribution >= 4 is 29.3 Å². The number of carbonyl (C=O) groups is 1. The number of carbonyl (C=O) groups excluding carboxylic acids is 1. The first-order valence-corrected chi connectivity index (χ1v) is 8.78. The molecule has 1 atom stereocenters. The SMILES string of the molecule is O=C(NC[C@@H]1CC1(Cl)Cl)OCC1c2ccccc2-c2ccccc21. The predicted octanol–water partition coefficient (Wildman–Crippen LogP) is 4.72. The lowest BCUT2D eigenvalue weighted by atomic mass is 9.98. The second-order valence-corrected chi connectivity index (χ2v) is 7.91. The maximum Gasteiger partial charge on any atom is 0.407 e. The molecule has 24 heavy (non-hydrogen) atoms. The van der Waals surface area contributed by atoms with E-state index in [2.05, 4.69) is 29.6 Å². The molecule has 0 radical (unpaired) electrons. The maximum atomic E-state index is 11.9. The zero-order valence-electron chi connectivity index (χ0n) is 13.0. The molecule has 124 valence electrons. The topological polar surface area (TPSA) is 38.3 Å². The van der Waals surface area contributed by atoms with Crippen LogP contribution in [0.5, 0.6) is 0 Å². The molecule has 1 amide bonds. The molecular weight excluding hydrogens is 345 g/mol. The number of fused-ring (bicyclic) bond motifs is 3. The highest BCUT2D eigenvalue weighted by atomic mass is 35.5. The fraction of sp³-hybridized carbons (Fsp3) is 0.316. The summed E-state index contributed by atoms with van der Waals surface area (Å²) in [6.45, 7) is 0.765. The quantitative estimate of drug-likeness (QED) is 0.800. The van der Waals surface area contributed by atoms with Gasteiger partial charge in [0.15, 0.2) is 0 Å². The van der Waals surface area contributed by atoms with Gasteiger partial charge in [0.25, 0.3) is 0 Å². The number of alkyl carbamates (subject to hydrolysis) is 1. The molecule has 2 aliphatic carbocycles. The summed E-state index contributed by atoms with van der Waals surface area (Å²) >= 11 is 11.9. The third-order valence-corrected chi connectivity index (χ3v) is 5.72. The number of nitrogens with one attached hydrogen (secondary N) is 1. The molecule has 2 aliphatic rings. The highest BCUT2D eigenvalue weighted by molar-refractivity contribution is 6.50. The first-order chi connectivity index (χ1) is 11.6. The van der Waals surface area contributed by atoms with E-state index in [0.29, 0.717) is 19.6 Å². The Morgan fingerprint density at radius 3 is 2.17 bits per heavy atom. The summed E-state index contributed by atoms with van der Waals surface area (Å²) in [6, 6.07) is 16.5. The molecule has 2 aromatic rings. The standard InChI is InChI=1S/C19H17Cl2NO2/c20-19(21)9-12(19)10-22-18(23)24-11-17-15-7-3-1-5-13(15)14-6-2-4-8-16(14)17/h1-8,12,17H,9-11H2,(H,22,23)/t12-/m0/s1. The fourth-order valence-electron chi connectivity index (χ4n) is 3.35. The lowest BCUT2D eigenvalue weighted by molar-refractivity contribution is 0.142.